The quantitative estimate of drug-likeness (QED) is 0.0275. The zero-order valence-electron chi connectivity index (χ0n) is 41.0. The van der Waals surface area contributed by atoms with E-state index in [0.717, 1.165) is 45.5 Å². The van der Waals surface area contributed by atoms with Crippen molar-refractivity contribution in [2.75, 3.05) is 0 Å². The van der Waals surface area contributed by atoms with Crippen LogP contribution in [0.1, 0.15) is 104 Å². The van der Waals surface area contributed by atoms with Gasteiger partial charge in [-0.15, -0.1) is 0 Å². The first-order chi connectivity index (χ1) is 34.8. The third kappa shape index (κ3) is 9.93. The van der Waals surface area contributed by atoms with Crippen molar-refractivity contribution in [2.24, 2.45) is 15.9 Å². The molecule has 4 saturated heterocycles. The molecule has 364 valence electrons. The van der Waals surface area contributed by atoms with E-state index in [0.29, 0.717) is 24.1 Å². The van der Waals surface area contributed by atoms with Crippen LogP contribution in [0.2, 0.25) is 0 Å². The van der Waals surface area contributed by atoms with Gasteiger partial charge >= 0.3 is 11.9 Å². The number of pyridine rings is 2. The minimum atomic E-state index is -0.693. The summed E-state index contributed by atoms with van der Waals surface area (Å²) in [6.45, 7) is 10.4. The number of carbonyl (C=O) groups is 4. The fraction of sp³-hybridized carbons (Fsp3) is 0.288. The molecule has 4 aliphatic heterocycles. The van der Waals surface area contributed by atoms with Crippen molar-refractivity contribution < 1.29 is 28.7 Å². The smallest absolute Gasteiger partial charge is 0.330 e. The highest BCUT2D eigenvalue weighted by atomic mass is 16.6. The Balaban J connectivity index is 0.000000178. The van der Waals surface area contributed by atoms with Gasteiger partial charge in [0.2, 0.25) is 0 Å². The molecule has 0 radical (unpaired) electrons. The summed E-state index contributed by atoms with van der Waals surface area (Å²) in [7, 11) is 0. The van der Waals surface area contributed by atoms with Crippen LogP contribution < -0.4 is 0 Å². The van der Waals surface area contributed by atoms with E-state index in [4.69, 9.17) is 15.0 Å². The van der Waals surface area contributed by atoms with Crippen molar-refractivity contribution in [1.82, 2.24) is 19.8 Å². The van der Waals surface area contributed by atoms with E-state index in [1.54, 1.807) is 40.4 Å². The molecule has 0 aliphatic carbocycles. The number of hydrogen-bond donors (Lipinski definition) is 0. The maximum atomic E-state index is 13.7. The summed E-state index contributed by atoms with van der Waals surface area (Å²) in [6, 6.07) is 44.7. The number of aromatic nitrogens is 2. The van der Waals surface area contributed by atoms with Crippen molar-refractivity contribution in [2.45, 2.75) is 96.8 Å². The van der Waals surface area contributed by atoms with Gasteiger partial charge < -0.3 is 19.3 Å². The molecule has 6 heterocycles. The Labute approximate surface area is 419 Å². The molecule has 13 heteroatoms. The monoisotopic (exact) mass is 959 g/mol. The predicted octanol–water partition coefficient (Wildman–Crippen LogP) is 11.0. The highest BCUT2D eigenvalue weighted by Gasteiger charge is 2.62. The minimum absolute atomic E-state index is 0.103. The van der Waals surface area contributed by atoms with E-state index in [-0.39, 0.29) is 36.4 Å². The van der Waals surface area contributed by atoms with Crippen molar-refractivity contribution in [3.63, 3.8) is 0 Å². The molecular formula is C59H57N7O6. The first-order valence-electron chi connectivity index (χ1n) is 24.4. The van der Waals surface area contributed by atoms with Gasteiger partial charge in [0, 0.05) is 28.5 Å². The van der Waals surface area contributed by atoms with Gasteiger partial charge in [0.25, 0.3) is 11.8 Å². The molecule has 13 nitrogen and oxygen atoms in total. The molecule has 2 amide bonds. The van der Waals surface area contributed by atoms with Crippen LogP contribution in [0.25, 0.3) is 22.6 Å². The number of aryl methyl sites for hydroxylation is 1. The fourth-order valence-corrected chi connectivity index (χ4v) is 10.6. The molecule has 4 aliphatic rings. The molecule has 2 unspecified atom stereocenters. The summed E-state index contributed by atoms with van der Waals surface area (Å²) in [6.07, 6.45) is 8.20. The molecule has 0 bridgehead atoms. The van der Waals surface area contributed by atoms with Crippen LogP contribution in [-0.2, 0) is 41.6 Å². The number of ether oxygens (including phenoxy) is 2. The Hall–Kier alpha value is -8.15. The number of fused-ring (bicyclic) bond motifs is 2. The second-order valence-electron chi connectivity index (χ2n) is 20.0. The third-order valence-electron chi connectivity index (χ3n) is 14.2. The van der Waals surface area contributed by atoms with Crippen molar-refractivity contribution in [3.05, 3.63) is 224 Å². The number of β-lactam (4-membered cyclic amide) rings is 2. The SMILES string of the molecule is CC1(C)CC2/C(=C\c3cc(CN=[N+]=[N-])ccn3)C(=O)N2[C@H]1C(=O)OC(c1ccccc1)c1ccccc1.CCc1ccnc(/C=C2/C(=O)N3C2CC(C)(C)[C@@H]3C(=O)OC(c2ccccc2)c2ccccc2)c1. The summed E-state index contributed by atoms with van der Waals surface area (Å²) >= 11 is 0. The zero-order valence-corrected chi connectivity index (χ0v) is 41.0. The summed E-state index contributed by atoms with van der Waals surface area (Å²) in [4.78, 5) is 68.8. The van der Waals surface area contributed by atoms with E-state index in [1.165, 1.54) is 5.56 Å². The van der Waals surface area contributed by atoms with E-state index in [9.17, 15) is 19.2 Å². The molecular weight excluding hydrogens is 903 g/mol. The largest absolute Gasteiger partial charge is 0.451 e. The lowest BCUT2D eigenvalue weighted by Gasteiger charge is -2.41. The second kappa shape index (κ2) is 20.7. The van der Waals surface area contributed by atoms with Gasteiger partial charge in [-0.25, -0.2) is 9.59 Å². The zero-order chi connectivity index (χ0) is 50.6. The molecule has 0 spiro atoms. The number of carbonyl (C=O) groups excluding carboxylic acids is 4. The lowest BCUT2D eigenvalue weighted by Crippen LogP contribution is -2.58. The van der Waals surface area contributed by atoms with Gasteiger partial charge in [-0.05, 0) is 105 Å². The van der Waals surface area contributed by atoms with Crippen molar-refractivity contribution in [3.8, 4) is 0 Å². The Kier molecular flexibility index (Phi) is 14.0. The highest BCUT2D eigenvalue weighted by Crippen LogP contribution is 2.52. The molecule has 4 atom stereocenters. The standard InChI is InChI=1S/C30H30N2O3.C29H27N5O3/c1-4-20-15-16-31-23(17-20)18-24-25-19-30(2,3)27(32(25)28(24)33)29(34)35-26(21-11-7-5-8-12-21)22-13-9-6-10-14-22;1-29(2)17-24-23(16-22-15-19(13-14-31-22)18-32-33-30)27(35)34(24)26(29)28(36)37-25(20-9-5-3-6-10-20)21-11-7-4-8-12-21/h5-18,25-27H,4,19H2,1-3H3;3-16,24-26H,17-18H2,1-2H3/b24-18+;23-16+/t25?,27-;24?,26-/m00/s1. The number of rotatable bonds is 13. The van der Waals surface area contributed by atoms with E-state index in [1.807, 2.05) is 167 Å². The van der Waals surface area contributed by atoms with Crippen LogP contribution in [0.3, 0.4) is 0 Å². The Morgan fingerprint density at radius 1 is 0.625 bits per heavy atom. The van der Waals surface area contributed by atoms with Gasteiger partial charge in [0.05, 0.1) is 30.0 Å². The normalized spacial score (nSPS) is 21.2. The number of azide groups is 1. The van der Waals surface area contributed by atoms with Gasteiger partial charge in [0.1, 0.15) is 12.1 Å². The molecule has 0 N–H and O–H groups in total. The average Bonchev–Trinajstić information content (AvgIpc) is 3.82. The van der Waals surface area contributed by atoms with Gasteiger partial charge in [0.15, 0.2) is 12.2 Å². The highest BCUT2D eigenvalue weighted by molar-refractivity contribution is 6.09. The molecule has 4 fully saturated rings. The summed E-state index contributed by atoms with van der Waals surface area (Å²) in [5.74, 6) is -1.07. The lowest BCUT2D eigenvalue weighted by molar-refractivity contribution is -0.162. The van der Waals surface area contributed by atoms with Gasteiger partial charge in [-0.2, -0.15) is 0 Å². The lowest BCUT2D eigenvalue weighted by atomic mass is 9.83. The van der Waals surface area contributed by atoms with Crippen molar-refractivity contribution in [1.29, 1.82) is 0 Å². The van der Waals surface area contributed by atoms with Crippen LogP contribution in [0.4, 0.5) is 0 Å². The van der Waals surface area contributed by atoms with Crippen LogP contribution in [0.15, 0.2) is 174 Å². The summed E-state index contributed by atoms with van der Waals surface area (Å²) in [5.41, 5.74) is 16.0. The summed E-state index contributed by atoms with van der Waals surface area (Å²) in [5, 5.41) is 3.59. The van der Waals surface area contributed by atoms with Crippen LogP contribution in [0.5, 0.6) is 0 Å². The maximum Gasteiger partial charge on any atom is 0.330 e. The first kappa shape index (κ1) is 48.9. The second-order valence-corrected chi connectivity index (χ2v) is 20.0. The number of hydrogen-bond acceptors (Lipinski definition) is 9. The minimum Gasteiger partial charge on any atom is -0.451 e. The Morgan fingerprint density at radius 2 is 0.986 bits per heavy atom. The molecule has 4 aromatic carbocycles. The van der Waals surface area contributed by atoms with E-state index in [2.05, 4.69) is 26.9 Å². The topological polar surface area (TPSA) is 168 Å². The number of nitrogens with zero attached hydrogens (tertiary/aromatic N) is 7. The van der Waals surface area contributed by atoms with Gasteiger partial charge in [-0.1, -0.05) is 161 Å². The Bertz CT molecular complexity index is 3000. The maximum absolute atomic E-state index is 13.7. The third-order valence-corrected chi connectivity index (χ3v) is 14.2. The van der Waals surface area contributed by atoms with Crippen LogP contribution in [-0.4, -0.2) is 67.7 Å². The number of amides is 2. The predicted molar refractivity (Wildman–Crippen MR) is 274 cm³/mol. The molecule has 10 rings (SSSR count). The van der Waals surface area contributed by atoms with E-state index < -0.39 is 41.1 Å². The van der Waals surface area contributed by atoms with Crippen LogP contribution >= 0.6 is 0 Å². The van der Waals surface area contributed by atoms with Crippen molar-refractivity contribution >= 4 is 35.9 Å². The van der Waals surface area contributed by atoms with E-state index >= 15 is 0 Å². The molecule has 2 aromatic heterocycles. The first-order valence-corrected chi connectivity index (χ1v) is 24.4. The van der Waals surface area contributed by atoms with Gasteiger partial charge in [-0.3, -0.25) is 19.6 Å². The molecule has 72 heavy (non-hydrogen) atoms. The Morgan fingerprint density at radius 3 is 1.35 bits per heavy atom. The fourth-order valence-electron chi connectivity index (χ4n) is 10.6. The number of benzene rings is 4. The average molecular weight is 960 g/mol. The molecule has 6 aromatic rings. The number of esters is 2. The van der Waals surface area contributed by atoms with Crippen LogP contribution in [0, 0.1) is 10.8 Å². The molecule has 0 saturated carbocycles. The summed E-state index contributed by atoms with van der Waals surface area (Å²) < 4.78 is 12.3.